The molecule has 122 valence electrons. The van der Waals surface area contributed by atoms with E-state index in [0.717, 1.165) is 12.8 Å². The lowest BCUT2D eigenvalue weighted by atomic mass is 9.95. The Kier molecular flexibility index (Phi) is 7.65. The molecule has 0 amide bonds. The molecule has 0 aromatic rings. The van der Waals surface area contributed by atoms with Crippen molar-refractivity contribution in [1.29, 1.82) is 5.26 Å². The van der Waals surface area contributed by atoms with E-state index in [4.69, 9.17) is 0 Å². The summed E-state index contributed by atoms with van der Waals surface area (Å²) in [6, 6.07) is 3.51. The molecule has 0 radical (unpaired) electrons. The van der Waals surface area contributed by atoms with Crippen molar-refractivity contribution in [2.24, 2.45) is 0 Å². The number of unbranched alkanes of at least 4 members (excludes halogenated alkanes) is 1. The summed E-state index contributed by atoms with van der Waals surface area (Å²) in [6.45, 7) is 13.3. The van der Waals surface area contributed by atoms with Crippen LogP contribution in [0.25, 0.3) is 0 Å². The van der Waals surface area contributed by atoms with Gasteiger partial charge in [-0.25, -0.2) is 0 Å². The third-order valence-corrected chi connectivity index (χ3v) is 4.59. The standard InChI is InChI=1S/C17H34N4/c1-6-16-13-21(12-11-20(16)5)10-8-7-9-17(4,14-18)19-15(2)3/h15-16,19H,6-13H2,1-5H3. The van der Waals surface area contributed by atoms with Crippen LogP contribution in [0.5, 0.6) is 0 Å². The van der Waals surface area contributed by atoms with Crippen LogP contribution in [0, 0.1) is 11.3 Å². The summed E-state index contributed by atoms with van der Waals surface area (Å²) in [5, 5.41) is 12.7. The molecular formula is C17H34N4. The van der Waals surface area contributed by atoms with Crippen LogP contribution in [0.1, 0.15) is 53.4 Å². The first-order chi connectivity index (χ1) is 9.90. The third kappa shape index (κ3) is 6.34. The first-order valence-electron chi connectivity index (χ1n) is 8.51. The number of hydrogen-bond donors (Lipinski definition) is 1. The van der Waals surface area contributed by atoms with Crippen molar-refractivity contribution in [3.8, 4) is 6.07 Å². The Hall–Kier alpha value is -0.630. The smallest absolute Gasteiger partial charge is 0.104 e. The Bertz CT molecular complexity index is 336. The molecule has 0 aromatic carbocycles. The topological polar surface area (TPSA) is 42.3 Å². The van der Waals surface area contributed by atoms with Crippen molar-refractivity contribution in [2.75, 3.05) is 33.2 Å². The summed E-state index contributed by atoms with van der Waals surface area (Å²) in [5.74, 6) is 0. The summed E-state index contributed by atoms with van der Waals surface area (Å²) < 4.78 is 0. The lowest BCUT2D eigenvalue weighted by Crippen LogP contribution is -2.51. The number of likely N-dealkylation sites (N-methyl/N-ethyl adjacent to an activating group) is 1. The van der Waals surface area contributed by atoms with Gasteiger partial charge < -0.3 is 9.80 Å². The fraction of sp³-hybridized carbons (Fsp3) is 0.941. The van der Waals surface area contributed by atoms with E-state index in [1.807, 2.05) is 6.92 Å². The average molecular weight is 294 g/mol. The van der Waals surface area contributed by atoms with Gasteiger partial charge in [-0.1, -0.05) is 6.92 Å². The molecule has 1 aliphatic rings. The molecule has 21 heavy (non-hydrogen) atoms. The fourth-order valence-electron chi connectivity index (χ4n) is 3.27. The lowest BCUT2D eigenvalue weighted by Gasteiger charge is -2.39. The quantitative estimate of drug-likeness (QED) is 0.698. The van der Waals surface area contributed by atoms with E-state index in [2.05, 4.69) is 49.0 Å². The molecule has 1 fully saturated rings. The Labute approximate surface area is 131 Å². The molecule has 2 unspecified atom stereocenters. The molecule has 0 bridgehead atoms. The number of hydrogen-bond acceptors (Lipinski definition) is 4. The van der Waals surface area contributed by atoms with Gasteiger partial charge in [0.2, 0.25) is 0 Å². The van der Waals surface area contributed by atoms with E-state index in [1.54, 1.807) is 0 Å². The van der Waals surface area contributed by atoms with Gasteiger partial charge in [0.05, 0.1) is 6.07 Å². The average Bonchev–Trinajstić information content (AvgIpc) is 2.44. The van der Waals surface area contributed by atoms with Gasteiger partial charge >= 0.3 is 0 Å². The monoisotopic (exact) mass is 294 g/mol. The van der Waals surface area contributed by atoms with Crippen LogP contribution < -0.4 is 5.32 Å². The molecule has 1 aliphatic heterocycles. The van der Waals surface area contributed by atoms with E-state index in [9.17, 15) is 5.26 Å². The molecule has 0 spiro atoms. The van der Waals surface area contributed by atoms with Gasteiger partial charge in [-0.3, -0.25) is 5.32 Å². The zero-order chi connectivity index (χ0) is 15.9. The van der Waals surface area contributed by atoms with Crippen molar-refractivity contribution < 1.29 is 0 Å². The van der Waals surface area contributed by atoms with Crippen LogP contribution in [0.2, 0.25) is 0 Å². The fourth-order valence-corrected chi connectivity index (χ4v) is 3.27. The summed E-state index contributed by atoms with van der Waals surface area (Å²) in [7, 11) is 2.24. The Morgan fingerprint density at radius 3 is 2.62 bits per heavy atom. The number of nitriles is 1. The first kappa shape index (κ1) is 18.4. The van der Waals surface area contributed by atoms with E-state index in [1.165, 1.54) is 39.0 Å². The van der Waals surface area contributed by atoms with Gasteiger partial charge in [-0.15, -0.1) is 0 Å². The summed E-state index contributed by atoms with van der Waals surface area (Å²) in [5.41, 5.74) is -0.373. The zero-order valence-electron chi connectivity index (χ0n) is 14.7. The van der Waals surface area contributed by atoms with Crippen LogP contribution in [0.3, 0.4) is 0 Å². The van der Waals surface area contributed by atoms with Crippen LogP contribution >= 0.6 is 0 Å². The van der Waals surface area contributed by atoms with Crippen molar-refractivity contribution >= 4 is 0 Å². The van der Waals surface area contributed by atoms with Crippen molar-refractivity contribution in [1.82, 2.24) is 15.1 Å². The maximum atomic E-state index is 9.35. The predicted octanol–water partition coefficient (Wildman–Crippen LogP) is 2.46. The van der Waals surface area contributed by atoms with Crippen LogP contribution in [0.4, 0.5) is 0 Å². The maximum Gasteiger partial charge on any atom is 0.104 e. The van der Waals surface area contributed by atoms with E-state index in [-0.39, 0.29) is 5.54 Å². The molecule has 1 saturated heterocycles. The van der Waals surface area contributed by atoms with Crippen LogP contribution in [0.15, 0.2) is 0 Å². The minimum atomic E-state index is -0.373. The molecule has 1 heterocycles. The van der Waals surface area contributed by atoms with Gasteiger partial charge in [-0.2, -0.15) is 5.26 Å². The minimum Gasteiger partial charge on any atom is -0.301 e. The molecular weight excluding hydrogens is 260 g/mol. The number of nitrogens with one attached hydrogen (secondary N) is 1. The van der Waals surface area contributed by atoms with Gasteiger partial charge in [0.15, 0.2) is 0 Å². The Morgan fingerprint density at radius 1 is 1.33 bits per heavy atom. The van der Waals surface area contributed by atoms with Crippen LogP contribution in [-0.4, -0.2) is 60.6 Å². The SMILES string of the molecule is CCC1CN(CCCCC(C)(C#N)NC(C)C)CCN1C. The van der Waals surface area contributed by atoms with E-state index < -0.39 is 0 Å². The molecule has 4 nitrogen and oxygen atoms in total. The highest BCUT2D eigenvalue weighted by Crippen LogP contribution is 2.16. The molecule has 0 aliphatic carbocycles. The van der Waals surface area contributed by atoms with Gasteiger partial charge in [0, 0.05) is 31.7 Å². The lowest BCUT2D eigenvalue weighted by molar-refractivity contribution is 0.0916. The molecule has 1 rings (SSSR count). The van der Waals surface area contributed by atoms with Crippen molar-refractivity contribution in [2.45, 2.75) is 71.0 Å². The van der Waals surface area contributed by atoms with Crippen molar-refractivity contribution in [3.63, 3.8) is 0 Å². The van der Waals surface area contributed by atoms with Gasteiger partial charge in [-0.05, 0) is 60.0 Å². The molecule has 0 aromatic heterocycles. The normalized spacial score (nSPS) is 24.0. The number of piperazine rings is 1. The first-order valence-corrected chi connectivity index (χ1v) is 8.51. The van der Waals surface area contributed by atoms with Gasteiger partial charge in [0.1, 0.15) is 5.54 Å². The number of nitrogens with zero attached hydrogens (tertiary/aromatic N) is 3. The summed E-state index contributed by atoms with van der Waals surface area (Å²) >= 11 is 0. The van der Waals surface area contributed by atoms with Gasteiger partial charge in [0.25, 0.3) is 0 Å². The molecule has 4 heteroatoms. The minimum absolute atomic E-state index is 0.359. The van der Waals surface area contributed by atoms with Crippen molar-refractivity contribution in [3.05, 3.63) is 0 Å². The molecule has 2 atom stereocenters. The molecule has 1 N–H and O–H groups in total. The maximum absolute atomic E-state index is 9.35. The zero-order valence-corrected chi connectivity index (χ0v) is 14.7. The second kappa shape index (κ2) is 8.73. The van der Waals surface area contributed by atoms with E-state index in [0.29, 0.717) is 12.1 Å². The Morgan fingerprint density at radius 2 is 2.05 bits per heavy atom. The van der Waals surface area contributed by atoms with Crippen LogP contribution in [-0.2, 0) is 0 Å². The summed E-state index contributed by atoms with van der Waals surface area (Å²) in [6.07, 6.45) is 4.48. The predicted molar refractivity (Wildman–Crippen MR) is 89.3 cm³/mol. The Balaban J connectivity index is 2.26. The molecule has 0 saturated carbocycles. The second-order valence-electron chi connectivity index (χ2n) is 7.04. The third-order valence-electron chi connectivity index (χ3n) is 4.59. The summed E-state index contributed by atoms with van der Waals surface area (Å²) in [4.78, 5) is 5.07. The highest BCUT2D eigenvalue weighted by atomic mass is 15.3. The van der Waals surface area contributed by atoms with E-state index >= 15 is 0 Å². The highest BCUT2D eigenvalue weighted by Gasteiger charge is 2.25. The largest absolute Gasteiger partial charge is 0.301 e. The highest BCUT2D eigenvalue weighted by molar-refractivity contribution is 5.04. The number of rotatable bonds is 8. The second-order valence-corrected chi connectivity index (χ2v) is 7.04.